The fraction of sp³-hybridized carbons (Fsp3) is 0.406. The summed E-state index contributed by atoms with van der Waals surface area (Å²) < 4.78 is 59.8. The molecule has 44 heavy (non-hydrogen) atoms. The van der Waals surface area contributed by atoms with Gasteiger partial charge in [-0.15, -0.1) is 0 Å². The largest absolute Gasteiger partial charge is 0.490 e. The molecule has 0 fully saturated rings. The van der Waals surface area contributed by atoms with Gasteiger partial charge in [-0.25, -0.2) is 19.6 Å². The van der Waals surface area contributed by atoms with Crippen molar-refractivity contribution in [1.82, 2.24) is 9.97 Å². The van der Waals surface area contributed by atoms with Gasteiger partial charge in [-0.1, -0.05) is 51.2 Å². The lowest BCUT2D eigenvalue weighted by molar-refractivity contribution is -0.209. The Labute approximate surface area is 253 Å². The van der Waals surface area contributed by atoms with Crippen LogP contribution in [0.3, 0.4) is 0 Å². The molecule has 12 heteroatoms. The summed E-state index contributed by atoms with van der Waals surface area (Å²) in [7, 11) is 0. The van der Waals surface area contributed by atoms with Crippen LogP contribution in [0.2, 0.25) is 0 Å². The van der Waals surface area contributed by atoms with E-state index in [1.807, 2.05) is 0 Å². The minimum absolute atomic E-state index is 0.0504. The zero-order valence-electron chi connectivity index (χ0n) is 24.6. The van der Waals surface area contributed by atoms with Crippen molar-refractivity contribution in [2.24, 2.45) is 0 Å². The van der Waals surface area contributed by atoms with Gasteiger partial charge in [0.05, 0.1) is 43.2 Å². The van der Waals surface area contributed by atoms with Crippen LogP contribution >= 0.6 is 0 Å². The third-order valence-corrected chi connectivity index (χ3v) is 6.35. The van der Waals surface area contributed by atoms with E-state index in [2.05, 4.69) is 26.4 Å². The van der Waals surface area contributed by atoms with Gasteiger partial charge in [0.15, 0.2) is 11.6 Å². The topological polar surface area (TPSA) is 114 Å². The van der Waals surface area contributed by atoms with Gasteiger partial charge >= 0.3 is 24.1 Å². The van der Waals surface area contributed by atoms with Crippen LogP contribution in [0.5, 0.6) is 11.5 Å². The highest BCUT2D eigenvalue weighted by atomic mass is 19.4. The van der Waals surface area contributed by atoms with Gasteiger partial charge in [0.2, 0.25) is 6.10 Å². The summed E-state index contributed by atoms with van der Waals surface area (Å²) in [5.74, 6) is -2.06. The van der Waals surface area contributed by atoms with Crippen molar-refractivity contribution in [2.45, 2.75) is 71.1 Å². The number of hydrogen-bond acceptors (Lipinski definition) is 9. The van der Waals surface area contributed by atoms with Crippen LogP contribution < -0.4 is 9.47 Å². The van der Waals surface area contributed by atoms with Crippen LogP contribution in [0.4, 0.5) is 13.2 Å². The molecule has 236 valence electrons. The normalized spacial score (nSPS) is 11.8. The molecule has 0 amide bonds. The van der Waals surface area contributed by atoms with Crippen LogP contribution in [0.15, 0.2) is 60.9 Å². The quantitative estimate of drug-likeness (QED) is 0.0941. The van der Waals surface area contributed by atoms with Gasteiger partial charge in [0.1, 0.15) is 5.75 Å². The van der Waals surface area contributed by atoms with E-state index in [0.29, 0.717) is 23.7 Å². The number of hydrogen-bond donors (Lipinski definition) is 0. The third kappa shape index (κ3) is 11.0. The minimum atomic E-state index is -4.97. The number of carbonyl (C=O) groups excluding carboxylic acids is 3. The molecule has 0 aliphatic heterocycles. The molecule has 2 aromatic carbocycles. The third-order valence-electron chi connectivity index (χ3n) is 6.35. The van der Waals surface area contributed by atoms with Gasteiger partial charge in [0.25, 0.3) is 0 Å². The molecule has 1 heterocycles. The molecular formula is C32H35F3N2O7. The molecule has 0 aliphatic rings. The fourth-order valence-corrected chi connectivity index (χ4v) is 3.99. The zero-order valence-corrected chi connectivity index (χ0v) is 24.6. The molecule has 1 atom stereocenters. The highest BCUT2D eigenvalue weighted by Crippen LogP contribution is 2.27. The highest BCUT2D eigenvalue weighted by molar-refractivity contribution is 5.92. The summed E-state index contributed by atoms with van der Waals surface area (Å²) in [5, 5.41) is 0. The van der Waals surface area contributed by atoms with Crippen molar-refractivity contribution in [3.8, 4) is 22.9 Å². The van der Waals surface area contributed by atoms with E-state index in [0.717, 1.165) is 25.0 Å². The van der Waals surface area contributed by atoms with Crippen molar-refractivity contribution < 1.29 is 46.5 Å². The first-order valence-corrected chi connectivity index (χ1v) is 14.4. The van der Waals surface area contributed by atoms with E-state index in [4.69, 9.17) is 9.47 Å². The summed E-state index contributed by atoms with van der Waals surface area (Å²) in [6.45, 7) is 4.12. The molecule has 0 bridgehead atoms. The van der Waals surface area contributed by atoms with Crippen LogP contribution in [0.25, 0.3) is 11.4 Å². The average Bonchev–Trinajstić information content (AvgIpc) is 3.00. The molecule has 0 unspecified atom stereocenters. The second-order valence-electron chi connectivity index (χ2n) is 9.79. The van der Waals surface area contributed by atoms with Crippen LogP contribution in [-0.4, -0.2) is 53.4 Å². The van der Waals surface area contributed by atoms with Gasteiger partial charge in [0, 0.05) is 5.56 Å². The lowest BCUT2D eigenvalue weighted by Crippen LogP contribution is -2.36. The Morgan fingerprint density at radius 3 is 1.98 bits per heavy atom. The maximum absolute atomic E-state index is 13.2. The smallest absolute Gasteiger partial charge is 0.426 e. The standard InChI is InChI=1S/C32H35F3N2O7/c1-3-5-6-7-8-9-18-42-26-20-36-29(37-21-26)22-10-12-23(13-11-22)30(39)43-25-16-14-24(15-17-25)31(40)44-27(32(33,34)35)19-28(38)41-4-2/h10-17,20-21,27H,3-9,18-19H2,1-2H3/t27-/m0/s1. The molecule has 3 rings (SSSR count). The second kappa shape index (κ2) is 17.0. The van der Waals surface area contributed by atoms with E-state index < -0.39 is 36.6 Å². The van der Waals surface area contributed by atoms with Crippen LogP contribution in [0.1, 0.15) is 79.5 Å². The van der Waals surface area contributed by atoms with Crippen molar-refractivity contribution in [3.05, 3.63) is 72.1 Å². The van der Waals surface area contributed by atoms with Crippen molar-refractivity contribution in [2.75, 3.05) is 13.2 Å². The Hall–Kier alpha value is -4.48. The first kappa shape index (κ1) is 34.0. The van der Waals surface area contributed by atoms with E-state index in [-0.39, 0.29) is 23.5 Å². The Morgan fingerprint density at radius 1 is 0.773 bits per heavy atom. The molecule has 0 aliphatic carbocycles. The summed E-state index contributed by atoms with van der Waals surface area (Å²) in [4.78, 5) is 45.0. The number of halogens is 3. The lowest BCUT2D eigenvalue weighted by atomic mass is 10.1. The van der Waals surface area contributed by atoms with Crippen LogP contribution in [-0.2, 0) is 14.3 Å². The van der Waals surface area contributed by atoms with E-state index >= 15 is 0 Å². The molecule has 9 nitrogen and oxygen atoms in total. The Morgan fingerprint density at radius 2 is 1.36 bits per heavy atom. The number of nitrogens with zero attached hydrogens (tertiary/aromatic N) is 2. The molecule has 0 spiro atoms. The van der Waals surface area contributed by atoms with E-state index in [1.54, 1.807) is 24.5 Å². The summed E-state index contributed by atoms with van der Waals surface area (Å²) in [6, 6.07) is 11.2. The van der Waals surface area contributed by atoms with E-state index in [1.165, 1.54) is 56.9 Å². The molecular weight excluding hydrogens is 581 g/mol. The first-order valence-electron chi connectivity index (χ1n) is 14.4. The number of unbranched alkanes of at least 4 members (excludes halogenated alkanes) is 5. The monoisotopic (exact) mass is 616 g/mol. The van der Waals surface area contributed by atoms with Gasteiger partial charge in [-0.3, -0.25) is 4.79 Å². The van der Waals surface area contributed by atoms with Crippen molar-refractivity contribution in [3.63, 3.8) is 0 Å². The van der Waals surface area contributed by atoms with E-state index in [9.17, 15) is 27.6 Å². The number of carbonyl (C=O) groups is 3. The Kier molecular flexibility index (Phi) is 13.1. The lowest BCUT2D eigenvalue weighted by Gasteiger charge is -2.20. The highest BCUT2D eigenvalue weighted by Gasteiger charge is 2.44. The van der Waals surface area contributed by atoms with Crippen molar-refractivity contribution >= 4 is 17.9 Å². The number of aromatic nitrogens is 2. The summed E-state index contributed by atoms with van der Waals surface area (Å²) in [6.07, 6.45) is 1.42. The van der Waals surface area contributed by atoms with Gasteiger partial charge < -0.3 is 18.9 Å². The maximum Gasteiger partial charge on any atom is 0.426 e. The molecule has 0 saturated carbocycles. The average molecular weight is 617 g/mol. The fourth-order valence-electron chi connectivity index (χ4n) is 3.99. The minimum Gasteiger partial charge on any atom is -0.490 e. The Bertz CT molecular complexity index is 1350. The predicted octanol–water partition coefficient (Wildman–Crippen LogP) is 7.14. The Balaban J connectivity index is 1.51. The SMILES string of the molecule is CCCCCCCCOc1cnc(-c2ccc(C(=O)Oc3ccc(C(=O)O[C@@H](CC(=O)OCC)C(F)(F)F)cc3)cc2)nc1. The number of benzene rings is 2. The molecule has 0 radical (unpaired) electrons. The first-order chi connectivity index (χ1) is 21.1. The number of rotatable bonds is 16. The van der Waals surface area contributed by atoms with Crippen molar-refractivity contribution in [1.29, 1.82) is 0 Å². The second-order valence-corrected chi connectivity index (χ2v) is 9.79. The maximum atomic E-state index is 13.2. The van der Waals surface area contributed by atoms with Gasteiger partial charge in [-0.2, -0.15) is 13.2 Å². The summed E-state index contributed by atoms with van der Waals surface area (Å²) in [5.41, 5.74) is 0.668. The number of alkyl halides is 3. The molecule has 3 aromatic rings. The molecule has 1 aromatic heterocycles. The van der Waals surface area contributed by atoms with Crippen LogP contribution in [0, 0.1) is 0 Å². The molecule has 0 saturated heterocycles. The number of esters is 3. The molecule has 0 N–H and O–H groups in total. The number of ether oxygens (including phenoxy) is 4. The summed E-state index contributed by atoms with van der Waals surface area (Å²) >= 11 is 0. The predicted molar refractivity (Wildman–Crippen MR) is 154 cm³/mol. The zero-order chi connectivity index (χ0) is 32.0. The van der Waals surface area contributed by atoms with Gasteiger partial charge in [-0.05, 0) is 49.7 Å².